The Hall–Kier alpha value is -3.07. The minimum absolute atomic E-state index is 0.202. The first-order chi connectivity index (χ1) is 13.2. The number of H-pyrrole nitrogens is 1. The van der Waals surface area contributed by atoms with Crippen molar-refractivity contribution in [2.45, 2.75) is 29.4 Å². The quantitative estimate of drug-likeness (QED) is 0.563. The van der Waals surface area contributed by atoms with E-state index in [1.54, 1.807) is 17.1 Å². The monoisotopic (exact) mass is 379 g/mol. The summed E-state index contributed by atoms with van der Waals surface area (Å²) in [5, 5.41) is 12.3. The van der Waals surface area contributed by atoms with Gasteiger partial charge in [0, 0.05) is 22.4 Å². The average Bonchev–Trinajstić information content (AvgIpc) is 3.26. The largest absolute Gasteiger partial charge is 0.366 e. The van der Waals surface area contributed by atoms with Crippen molar-refractivity contribution in [3.05, 3.63) is 42.7 Å². The number of aromatic nitrogens is 6. The van der Waals surface area contributed by atoms with Crippen LogP contribution in [-0.2, 0) is 10.8 Å². The molecule has 3 N–H and O–H groups in total. The third-order valence-corrected chi connectivity index (χ3v) is 6.60. The number of anilines is 1. The maximum absolute atomic E-state index is 12.6. The van der Waals surface area contributed by atoms with Gasteiger partial charge in [-0.25, -0.2) is 9.67 Å². The smallest absolute Gasteiger partial charge is 0.239 e. The summed E-state index contributed by atoms with van der Waals surface area (Å²) in [6, 6.07) is 9.65. The predicted octanol–water partition coefficient (Wildman–Crippen LogP) is 2.45. The fraction of sp³-hybridized carbons (Fsp3) is 0.222. The van der Waals surface area contributed by atoms with E-state index in [9.17, 15) is 4.21 Å². The van der Waals surface area contributed by atoms with Gasteiger partial charge < -0.3 is 5.73 Å². The molecule has 4 aromatic rings. The van der Waals surface area contributed by atoms with Crippen LogP contribution in [0.1, 0.15) is 19.3 Å². The third-order valence-electron chi connectivity index (χ3n) is 4.84. The van der Waals surface area contributed by atoms with Crippen LogP contribution in [-0.4, -0.2) is 39.4 Å². The van der Waals surface area contributed by atoms with E-state index in [2.05, 4.69) is 25.3 Å². The normalized spacial score (nSPS) is 15.7. The molecule has 1 saturated carbocycles. The van der Waals surface area contributed by atoms with Gasteiger partial charge >= 0.3 is 0 Å². The first-order valence-corrected chi connectivity index (χ1v) is 9.93. The molecule has 0 saturated heterocycles. The molecule has 0 aliphatic heterocycles. The average molecular weight is 379 g/mol. The number of rotatable bonds is 4. The van der Waals surface area contributed by atoms with E-state index in [4.69, 9.17) is 5.73 Å². The van der Waals surface area contributed by atoms with Crippen molar-refractivity contribution >= 4 is 27.8 Å². The molecular formula is C18H17N7OS. The summed E-state index contributed by atoms with van der Waals surface area (Å²) in [5.41, 5.74) is 8.01. The van der Waals surface area contributed by atoms with Gasteiger partial charge in [0.25, 0.3) is 0 Å². The SMILES string of the molecule is Nc1n[nH]c(-c2cccc(-n3ncc4cc([S@](=O)C5CCC5)cnc43)c2)n1. The van der Waals surface area contributed by atoms with Crippen LogP contribution >= 0.6 is 0 Å². The Morgan fingerprint density at radius 3 is 2.85 bits per heavy atom. The van der Waals surface area contributed by atoms with Crippen LogP contribution in [0.3, 0.4) is 0 Å². The van der Waals surface area contributed by atoms with Crippen molar-refractivity contribution < 1.29 is 4.21 Å². The molecular weight excluding hydrogens is 362 g/mol. The maximum Gasteiger partial charge on any atom is 0.239 e. The Labute approximate surface area is 157 Å². The lowest BCUT2D eigenvalue weighted by Gasteiger charge is -2.24. The summed E-state index contributed by atoms with van der Waals surface area (Å²) >= 11 is 0. The standard InChI is InChI=1S/C18H17N7OS/c19-18-22-16(23-24-18)11-3-1-4-13(7-11)25-17-12(9-21-25)8-15(10-20-17)27(26)14-5-2-6-14/h1,3-4,7-10,14H,2,5-6H2,(H3,19,22,23,24)/t27-/m1/s1. The number of nitrogens with zero attached hydrogens (tertiary/aromatic N) is 5. The van der Waals surface area contributed by atoms with Gasteiger partial charge in [-0.15, -0.1) is 5.10 Å². The van der Waals surface area contributed by atoms with Crippen LogP contribution < -0.4 is 5.73 Å². The van der Waals surface area contributed by atoms with Crippen molar-refractivity contribution in [2.24, 2.45) is 0 Å². The number of benzene rings is 1. The molecule has 0 amide bonds. The Morgan fingerprint density at radius 1 is 1.22 bits per heavy atom. The summed E-state index contributed by atoms with van der Waals surface area (Å²) in [5.74, 6) is 0.797. The Bertz CT molecular complexity index is 1160. The second kappa shape index (κ2) is 6.27. The molecule has 0 spiro atoms. The number of fused-ring (bicyclic) bond motifs is 1. The Morgan fingerprint density at radius 2 is 2.11 bits per heavy atom. The number of nitrogens with two attached hydrogens (primary N) is 1. The third kappa shape index (κ3) is 2.80. The zero-order valence-electron chi connectivity index (χ0n) is 14.4. The lowest BCUT2D eigenvalue weighted by molar-refractivity contribution is 0.505. The van der Waals surface area contributed by atoms with Crippen LogP contribution in [0.4, 0.5) is 5.95 Å². The second-order valence-corrected chi connectivity index (χ2v) is 8.32. The molecule has 136 valence electrons. The number of hydrogen-bond donors (Lipinski definition) is 2. The zero-order valence-corrected chi connectivity index (χ0v) is 15.2. The fourth-order valence-corrected chi connectivity index (χ4v) is 4.71. The molecule has 0 unspecified atom stereocenters. The van der Waals surface area contributed by atoms with Crippen molar-refractivity contribution in [3.8, 4) is 17.1 Å². The minimum atomic E-state index is -0.990. The van der Waals surface area contributed by atoms with E-state index >= 15 is 0 Å². The van der Waals surface area contributed by atoms with Gasteiger partial charge in [-0.2, -0.15) is 10.1 Å². The molecule has 5 rings (SSSR count). The fourth-order valence-electron chi connectivity index (χ4n) is 3.17. The first-order valence-electron chi connectivity index (χ1n) is 8.72. The molecule has 1 aliphatic carbocycles. The summed E-state index contributed by atoms with van der Waals surface area (Å²) in [6.45, 7) is 0. The highest BCUT2D eigenvalue weighted by atomic mass is 32.2. The van der Waals surface area contributed by atoms with Crippen molar-refractivity contribution in [1.29, 1.82) is 0 Å². The number of aromatic amines is 1. The van der Waals surface area contributed by atoms with Gasteiger partial charge in [-0.05, 0) is 31.0 Å². The molecule has 0 radical (unpaired) electrons. The highest BCUT2D eigenvalue weighted by Gasteiger charge is 2.25. The van der Waals surface area contributed by atoms with E-state index < -0.39 is 10.8 Å². The lowest BCUT2D eigenvalue weighted by atomic mass is 10.0. The van der Waals surface area contributed by atoms with E-state index in [0.29, 0.717) is 5.82 Å². The van der Waals surface area contributed by atoms with Gasteiger partial charge in [-0.3, -0.25) is 9.31 Å². The number of nitrogen functional groups attached to an aromatic ring is 1. The van der Waals surface area contributed by atoms with Gasteiger partial charge in [0.2, 0.25) is 5.95 Å². The van der Waals surface area contributed by atoms with Crippen LogP contribution in [0.25, 0.3) is 28.1 Å². The van der Waals surface area contributed by atoms with E-state index in [1.165, 1.54) is 0 Å². The molecule has 1 aliphatic rings. The van der Waals surface area contributed by atoms with E-state index in [0.717, 1.165) is 46.4 Å². The topological polar surface area (TPSA) is 115 Å². The van der Waals surface area contributed by atoms with Crippen LogP contribution in [0.5, 0.6) is 0 Å². The molecule has 27 heavy (non-hydrogen) atoms. The summed E-state index contributed by atoms with van der Waals surface area (Å²) in [6.07, 6.45) is 6.68. The summed E-state index contributed by atoms with van der Waals surface area (Å²) < 4.78 is 14.3. The summed E-state index contributed by atoms with van der Waals surface area (Å²) in [7, 11) is -0.990. The summed E-state index contributed by atoms with van der Waals surface area (Å²) in [4.78, 5) is 9.47. The molecule has 8 nitrogen and oxygen atoms in total. The predicted molar refractivity (Wildman–Crippen MR) is 103 cm³/mol. The van der Waals surface area contributed by atoms with Crippen LogP contribution in [0, 0.1) is 0 Å². The van der Waals surface area contributed by atoms with Crippen molar-refractivity contribution in [1.82, 2.24) is 29.9 Å². The number of nitrogens with one attached hydrogen (secondary N) is 1. The van der Waals surface area contributed by atoms with Crippen molar-refractivity contribution in [3.63, 3.8) is 0 Å². The second-order valence-electron chi connectivity index (χ2n) is 6.58. The highest BCUT2D eigenvalue weighted by molar-refractivity contribution is 7.85. The van der Waals surface area contributed by atoms with Gasteiger partial charge in [0.15, 0.2) is 11.5 Å². The molecule has 1 fully saturated rings. The van der Waals surface area contributed by atoms with Gasteiger partial charge in [-0.1, -0.05) is 18.6 Å². The van der Waals surface area contributed by atoms with Gasteiger partial charge in [0.05, 0.1) is 27.6 Å². The number of pyridine rings is 1. The zero-order chi connectivity index (χ0) is 18.4. The lowest BCUT2D eigenvalue weighted by Crippen LogP contribution is -2.23. The van der Waals surface area contributed by atoms with Crippen LogP contribution in [0.15, 0.2) is 47.6 Å². The van der Waals surface area contributed by atoms with E-state index in [1.807, 2.05) is 30.3 Å². The Kier molecular flexibility index (Phi) is 3.75. The molecule has 3 heterocycles. The Balaban J connectivity index is 1.53. The maximum atomic E-state index is 12.6. The molecule has 9 heteroatoms. The van der Waals surface area contributed by atoms with E-state index in [-0.39, 0.29) is 11.2 Å². The first kappa shape index (κ1) is 16.1. The van der Waals surface area contributed by atoms with Crippen LogP contribution in [0.2, 0.25) is 0 Å². The molecule has 1 atom stereocenters. The molecule has 0 bridgehead atoms. The van der Waals surface area contributed by atoms with Crippen molar-refractivity contribution in [2.75, 3.05) is 5.73 Å². The number of hydrogen-bond acceptors (Lipinski definition) is 6. The molecule has 3 aromatic heterocycles. The minimum Gasteiger partial charge on any atom is -0.366 e. The molecule has 1 aromatic carbocycles. The van der Waals surface area contributed by atoms with Gasteiger partial charge in [0.1, 0.15) is 0 Å². The highest BCUT2D eigenvalue weighted by Crippen LogP contribution is 2.29.